The zero-order valence-corrected chi connectivity index (χ0v) is 11.2. The largest absolute Gasteiger partial charge is 0.466 e. The minimum absolute atomic E-state index is 0.0899. The van der Waals surface area contributed by atoms with E-state index >= 15 is 0 Å². The number of amides is 3. The third kappa shape index (κ3) is 2.11. The van der Waals surface area contributed by atoms with E-state index in [0.29, 0.717) is 17.1 Å². The average Bonchev–Trinajstić information content (AvgIpc) is 2.78. The second-order valence-corrected chi connectivity index (χ2v) is 4.88. The minimum Gasteiger partial charge on any atom is -0.466 e. The number of furan rings is 1. The Hall–Kier alpha value is -1.85. The molecule has 0 aromatic carbocycles. The highest BCUT2D eigenvalue weighted by Gasteiger charge is 2.50. The molecule has 5 nitrogen and oxygen atoms in total. The molecule has 2 heterocycles. The Bertz CT molecular complexity index is 526. The van der Waals surface area contributed by atoms with Crippen LogP contribution >= 0.6 is 0 Å². The standard InChI is InChI=1S/C13H17FN2O3/c1-8-7-10(9(2)19-8)13(3)11(17)16(6-4-5-14)12(18)15-13/h7H,4-6H2,1-3H3,(H,15,18). The number of carbonyl (C=O) groups is 2. The fourth-order valence-electron chi connectivity index (χ4n) is 2.43. The molecule has 1 atom stereocenters. The molecule has 1 aliphatic rings. The van der Waals surface area contributed by atoms with Crippen molar-refractivity contribution >= 4 is 11.9 Å². The van der Waals surface area contributed by atoms with Crippen LogP contribution in [0, 0.1) is 13.8 Å². The summed E-state index contributed by atoms with van der Waals surface area (Å²) in [5, 5.41) is 2.66. The number of halogens is 1. The molecule has 1 aromatic heterocycles. The number of hydrogen-bond donors (Lipinski definition) is 1. The Morgan fingerprint density at radius 2 is 2.11 bits per heavy atom. The Labute approximate surface area is 110 Å². The first kappa shape index (κ1) is 13.6. The first-order valence-electron chi connectivity index (χ1n) is 6.17. The Balaban J connectivity index is 2.33. The van der Waals surface area contributed by atoms with Crippen molar-refractivity contribution < 1.29 is 18.4 Å². The second-order valence-electron chi connectivity index (χ2n) is 4.88. The van der Waals surface area contributed by atoms with Gasteiger partial charge >= 0.3 is 6.03 Å². The molecule has 19 heavy (non-hydrogen) atoms. The molecular formula is C13H17FN2O3. The van der Waals surface area contributed by atoms with Crippen LogP contribution in [0.4, 0.5) is 9.18 Å². The molecule has 1 unspecified atom stereocenters. The highest BCUT2D eigenvalue weighted by molar-refractivity contribution is 6.07. The SMILES string of the molecule is Cc1cc(C2(C)NC(=O)N(CCCF)C2=O)c(C)o1. The maximum absolute atomic E-state index is 12.4. The first-order chi connectivity index (χ1) is 8.90. The van der Waals surface area contributed by atoms with E-state index in [1.54, 1.807) is 26.8 Å². The predicted molar refractivity (Wildman–Crippen MR) is 66.4 cm³/mol. The van der Waals surface area contributed by atoms with Gasteiger partial charge in [-0.1, -0.05) is 0 Å². The molecule has 0 bridgehead atoms. The van der Waals surface area contributed by atoms with Crippen molar-refractivity contribution in [2.75, 3.05) is 13.2 Å². The average molecular weight is 268 g/mol. The summed E-state index contributed by atoms with van der Waals surface area (Å²) in [5.74, 6) is 0.911. The molecule has 0 aliphatic carbocycles. The number of alkyl halides is 1. The number of nitrogens with one attached hydrogen (secondary N) is 1. The summed E-state index contributed by atoms with van der Waals surface area (Å²) in [6.45, 7) is 4.70. The Morgan fingerprint density at radius 3 is 2.63 bits per heavy atom. The normalized spacial score (nSPS) is 23.1. The molecule has 2 rings (SSSR count). The molecule has 0 spiro atoms. The Kier molecular flexibility index (Phi) is 3.34. The van der Waals surface area contributed by atoms with Gasteiger partial charge in [0.1, 0.15) is 17.1 Å². The van der Waals surface area contributed by atoms with Crippen LogP contribution in [0.3, 0.4) is 0 Å². The van der Waals surface area contributed by atoms with Crippen molar-refractivity contribution in [3.8, 4) is 0 Å². The molecule has 0 radical (unpaired) electrons. The maximum atomic E-state index is 12.4. The van der Waals surface area contributed by atoms with E-state index in [-0.39, 0.29) is 18.9 Å². The van der Waals surface area contributed by atoms with Gasteiger partial charge in [-0.05, 0) is 33.3 Å². The van der Waals surface area contributed by atoms with E-state index in [0.717, 1.165) is 4.90 Å². The van der Waals surface area contributed by atoms with Crippen LogP contribution in [-0.4, -0.2) is 30.1 Å². The summed E-state index contributed by atoms with van der Waals surface area (Å²) in [5.41, 5.74) is -0.485. The van der Waals surface area contributed by atoms with Crippen LogP contribution in [0.1, 0.15) is 30.4 Å². The van der Waals surface area contributed by atoms with Gasteiger partial charge in [-0.3, -0.25) is 14.1 Å². The van der Waals surface area contributed by atoms with Gasteiger partial charge in [-0.25, -0.2) is 4.79 Å². The van der Waals surface area contributed by atoms with Gasteiger partial charge < -0.3 is 9.73 Å². The lowest BCUT2D eigenvalue weighted by atomic mass is 9.92. The first-order valence-corrected chi connectivity index (χ1v) is 6.17. The quantitative estimate of drug-likeness (QED) is 0.850. The molecular weight excluding hydrogens is 251 g/mol. The van der Waals surface area contributed by atoms with Gasteiger partial charge in [0.25, 0.3) is 5.91 Å². The second kappa shape index (κ2) is 4.68. The van der Waals surface area contributed by atoms with Crippen molar-refractivity contribution in [2.45, 2.75) is 32.7 Å². The summed E-state index contributed by atoms with van der Waals surface area (Å²) in [6.07, 6.45) is 0.151. The fourth-order valence-corrected chi connectivity index (χ4v) is 2.43. The summed E-state index contributed by atoms with van der Waals surface area (Å²) < 4.78 is 17.6. The molecule has 1 aliphatic heterocycles. The summed E-state index contributed by atoms with van der Waals surface area (Å²) in [6, 6.07) is 1.26. The van der Waals surface area contributed by atoms with Crippen LogP contribution in [0.25, 0.3) is 0 Å². The van der Waals surface area contributed by atoms with Gasteiger partial charge in [0.15, 0.2) is 0 Å². The lowest BCUT2D eigenvalue weighted by Gasteiger charge is -2.21. The minimum atomic E-state index is -1.13. The van der Waals surface area contributed by atoms with Crippen LogP contribution in [0.2, 0.25) is 0 Å². The molecule has 1 N–H and O–H groups in total. The van der Waals surface area contributed by atoms with Crippen molar-refractivity contribution in [1.82, 2.24) is 10.2 Å². The molecule has 1 fully saturated rings. The van der Waals surface area contributed by atoms with E-state index in [2.05, 4.69) is 5.32 Å². The number of urea groups is 1. The number of imide groups is 1. The van der Waals surface area contributed by atoms with E-state index in [9.17, 15) is 14.0 Å². The molecule has 1 aromatic rings. The van der Waals surface area contributed by atoms with Crippen molar-refractivity contribution in [2.24, 2.45) is 0 Å². The molecule has 0 saturated carbocycles. The smallest absolute Gasteiger partial charge is 0.325 e. The number of hydrogen-bond acceptors (Lipinski definition) is 3. The van der Waals surface area contributed by atoms with E-state index in [1.807, 2.05) is 0 Å². The molecule has 104 valence electrons. The lowest BCUT2D eigenvalue weighted by molar-refractivity contribution is -0.131. The zero-order valence-electron chi connectivity index (χ0n) is 11.2. The van der Waals surface area contributed by atoms with E-state index in [4.69, 9.17) is 4.42 Å². The van der Waals surface area contributed by atoms with Crippen molar-refractivity contribution in [3.63, 3.8) is 0 Å². The van der Waals surface area contributed by atoms with Gasteiger partial charge in [0.05, 0.1) is 6.67 Å². The van der Waals surface area contributed by atoms with E-state index < -0.39 is 18.2 Å². The number of carbonyl (C=O) groups excluding carboxylic acids is 2. The summed E-state index contributed by atoms with van der Waals surface area (Å²) in [7, 11) is 0. The zero-order chi connectivity index (χ0) is 14.2. The van der Waals surface area contributed by atoms with Gasteiger partial charge in [-0.15, -0.1) is 0 Å². The van der Waals surface area contributed by atoms with Gasteiger partial charge in [0.2, 0.25) is 0 Å². The van der Waals surface area contributed by atoms with E-state index in [1.165, 1.54) is 0 Å². The van der Waals surface area contributed by atoms with Gasteiger partial charge in [0, 0.05) is 12.1 Å². The number of rotatable bonds is 4. The topological polar surface area (TPSA) is 62.6 Å². The highest BCUT2D eigenvalue weighted by atomic mass is 19.1. The number of aryl methyl sites for hydroxylation is 2. The molecule has 3 amide bonds. The van der Waals surface area contributed by atoms with Crippen molar-refractivity contribution in [3.05, 3.63) is 23.2 Å². The maximum Gasteiger partial charge on any atom is 0.325 e. The predicted octanol–water partition coefficient (Wildman–Crippen LogP) is 2.02. The summed E-state index contributed by atoms with van der Waals surface area (Å²) in [4.78, 5) is 25.3. The molecule has 6 heteroatoms. The summed E-state index contributed by atoms with van der Waals surface area (Å²) >= 11 is 0. The van der Waals surface area contributed by atoms with Crippen LogP contribution in [-0.2, 0) is 10.3 Å². The van der Waals surface area contributed by atoms with Crippen LogP contribution < -0.4 is 5.32 Å². The van der Waals surface area contributed by atoms with Crippen LogP contribution in [0.15, 0.2) is 10.5 Å². The molecule has 1 saturated heterocycles. The monoisotopic (exact) mass is 268 g/mol. The van der Waals surface area contributed by atoms with Crippen molar-refractivity contribution in [1.29, 1.82) is 0 Å². The fraction of sp³-hybridized carbons (Fsp3) is 0.538. The number of nitrogens with zero attached hydrogens (tertiary/aromatic N) is 1. The van der Waals surface area contributed by atoms with Crippen LogP contribution in [0.5, 0.6) is 0 Å². The third-order valence-corrected chi connectivity index (χ3v) is 3.37. The Morgan fingerprint density at radius 1 is 1.42 bits per heavy atom. The van der Waals surface area contributed by atoms with Gasteiger partial charge in [-0.2, -0.15) is 0 Å². The highest BCUT2D eigenvalue weighted by Crippen LogP contribution is 2.32. The third-order valence-electron chi connectivity index (χ3n) is 3.37. The lowest BCUT2D eigenvalue weighted by Crippen LogP contribution is -2.41.